The number of piperidine rings is 1. The summed E-state index contributed by atoms with van der Waals surface area (Å²) in [6.45, 7) is 28.0. The third-order valence-electron chi connectivity index (χ3n) is 24.7. The van der Waals surface area contributed by atoms with E-state index in [0.29, 0.717) is 100 Å². The van der Waals surface area contributed by atoms with Crippen molar-refractivity contribution in [2.24, 2.45) is 5.92 Å². The predicted molar refractivity (Wildman–Crippen MR) is 483 cm³/mol. The van der Waals surface area contributed by atoms with Gasteiger partial charge < -0.3 is 62.5 Å². The van der Waals surface area contributed by atoms with Gasteiger partial charge in [0, 0.05) is 122 Å². The number of hydrogen-bond acceptors (Lipinski definition) is 20. The number of methoxy groups -OCH3 is 5. The monoisotopic (exact) mass is 1660 g/mol. The van der Waals surface area contributed by atoms with Gasteiger partial charge in [0.1, 0.15) is 83.4 Å². The van der Waals surface area contributed by atoms with Gasteiger partial charge in [-0.3, -0.25) is 33.8 Å². The van der Waals surface area contributed by atoms with E-state index in [0.717, 1.165) is 212 Å². The van der Waals surface area contributed by atoms with E-state index in [1.165, 1.54) is 32.1 Å². The van der Waals surface area contributed by atoms with Crippen molar-refractivity contribution in [2.45, 2.75) is 92.1 Å². The Morgan fingerprint density at radius 1 is 0.341 bits per heavy atom. The van der Waals surface area contributed by atoms with Crippen LogP contribution in [-0.4, -0.2) is 208 Å². The van der Waals surface area contributed by atoms with Crippen LogP contribution in [0.3, 0.4) is 0 Å². The molecule has 3 fully saturated rings. The fourth-order valence-corrected chi connectivity index (χ4v) is 17.8. The lowest BCUT2D eigenvalue weighted by atomic mass is 9.98. The van der Waals surface area contributed by atoms with E-state index in [9.17, 15) is 24.0 Å². The van der Waals surface area contributed by atoms with Crippen LogP contribution in [0.5, 0.6) is 57.5 Å². The molecule has 8 aliphatic rings. The molecule has 0 bridgehead atoms. The third-order valence-corrected chi connectivity index (χ3v) is 24.7. The molecule has 2 unspecified atom stereocenters. The van der Waals surface area contributed by atoms with Gasteiger partial charge >= 0.3 is 0 Å². The molecule has 123 heavy (non-hydrogen) atoms. The van der Waals surface area contributed by atoms with Gasteiger partial charge in [-0.15, -0.1) is 0 Å². The highest BCUT2D eigenvalue weighted by Crippen LogP contribution is 2.50. The van der Waals surface area contributed by atoms with E-state index >= 15 is 0 Å². The Morgan fingerprint density at radius 2 is 0.642 bits per heavy atom. The highest BCUT2D eigenvalue weighted by atomic mass is 16.5. The lowest BCUT2D eigenvalue weighted by Crippen LogP contribution is -2.33. The summed E-state index contributed by atoms with van der Waals surface area (Å²) in [7, 11) is 8.06. The number of benzene rings is 10. The Hall–Kier alpha value is -11.7. The average Bonchev–Trinajstić information content (AvgIpc) is 1.63. The number of carbonyl (C=O) groups excluding carboxylic acids is 5. The van der Waals surface area contributed by atoms with Crippen molar-refractivity contribution in [3.05, 3.63) is 238 Å². The third kappa shape index (κ3) is 19.4. The molecule has 3 heterocycles. The largest absolute Gasteiger partial charge is 0.497 e. The first kappa shape index (κ1) is 87.7. The molecule has 0 amide bonds. The smallest absolute Gasteiger partial charge is 0.194 e. The quantitative estimate of drug-likeness (QED) is 0.0416. The second-order valence-electron chi connectivity index (χ2n) is 31.7. The van der Waals surface area contributed by atoms with Crippen molar-refractivity contribution in [3.63, 3.8) is 0 Å². The SMILES string of the molecule is CCC(Oc1cccc2c1-c1ccc(OC)cc1C2=O)C1CCNC1.CCN(CC)CCCOc1cccc2c1-c1ccc(OC)cc1C2=O.CCN(CC)CCOc1cccc2c1-c1ccc(OC)cc1C2=O.COc1ccc2c(c1)C(=O)c1cccc(OCCN3CCCC3)c1-2.COc1ccc2c(c1)C(=O)c1cccc(OCCN3CCCCC3)c1-2. The summed E-state index contributed by atoms with van der Waals surface area (Å²) in [5.74, 6) is 8.19. The van der Waals surface area contributed by atoms with E-state index in [2.05, 4.69) is 59.5 Å². The van der Waals surface area contributed by atoms with E-state index < -0.39 is 0 Å². The molecule has 0 radical (unpaired) electrons. The Labute approximate surface area is 723 Å². The van der Waals surface area contributed by atoms with Gasteiger partial charge in [-0.2, -0.15) is 0 Å². The fourth-order valence-electron chi connectivity index (χ4n) is 17.8. The van der Waals surface area contributed by atoms with Crippen LogP contribution in [0.2, 0.25) is 0 Å². The first-order valence-corrected chi connectivity index (χ1v) is 43.7. The summed E-state index contributed by atoms with van der Waals surface area (Å²) >= 11 is 0. The molecule has 5 aliphatic carbocycles. The van der Waals surface area contributed by atoms with E-state index in [1.54, 1.807) is 41.6 Å². The number of carbonyl (C=O) groups is 5. The zero-order chi connectivity index (χ0) is 86.0. The minimum atomic E-state index is 0.0353. The number of fused-ring (bicyclic) bond motifs is 15. The second kappa shape index (κ2) is 41.5. The van der Waals surface area contributed by atoms with Crippen LogP contribution in [-0.2, 0) is 0 Å². The van der Waals surface area contributed by atoms with Crippen LogP contribution in [0.25, 0.3) is 55.6 Å². The molecule has 10 aromatic carbocycles. The second-order valence-corrected chi connectivity index (χ2v) is 31.7. The average molecular weight is 1660 g/mol. The zero-order valence-electron chi connectivity index (χ0n) is 72.8. The number of likely N-dealkylation sites (N-methyl/N-ethyl adjacent to an activating group) is 1. The Morgan fingerprint density at radius 3 is 0.951 bits per heavy atom. The Balaban J connectivity index is 0.000000125. The number of ketones is 5. The van der Waals surface area contributed by atoms with Crippen LogP contribution in [0, 0.1) is 5.92 Å². The molecule has 18 rings (SSSR count). The van der Waals surface area contributed by atoms with Gasteiger partial charge in [0.15, 0.2) is 28.9 Å². The Kier molecular flexibility index (Phi) is 29.6. The first-order valence-electron chi connectivity index (χ1n) is 43.7. The predicted octanol–water partition coefficient (Wildman–Crippen LogP) is 18.5. The molecule has 20 nitrogen and oxygen atoms in total. The summed E-state index contributed by atoms with van der Waals surface area (Å²) in [6, 6.07) is 56.9. The number of likely N-dealkylation sites (tertiary alicyclic amines) is 2. The highest BCUT2D eigenvalue weighted by Gasteiger charge is 2.37. The molecule has 3 aliphatic heterocycles. The molecular formula is C103H115N5O15. The number of nitrogens with one attached hydrogen (secondary N) is 1. The maximum absolute atomic E-state index is 12.8. The molecule has 0 aromatic heterocycles. The van der Waals surface area contributed by atoms with Gasteiger partial charge in [-0.05, 0) is 253 Å². The van der Waals surface area contributed by atoms with Gasteiger partial charge in [0.2, 0.25) is 0 Å². The summed E-state index contributed by atoms with van der Waals surface area (Å²) in [4.78, 5) is 73.1. The molecule has 20 heteroatoms. The van der Waals surface area contributed by atoms with Crippen molar-refractivity contribution in [1.82, 2.24) is 24.9 Å². The van der Waals surface area contributed by atoms with E-state index in [1.807, 2.05) is 176 Å². The molecule has 2 atom stereocenters. The van der Waals surface area contributed by atoms with Crippen LogP contribution >= 0.6 is 0 Å². The van der Waals surface area contributed by atoms with Crippen molar-refractivity contribution >= 4 is 28.9 Å². The standard InChI is InChI=1S/2C21H23NO3.C21H25NO3.C20H21NO3.C20H23NO3/c1-24-15-8-9-16-18(14-15)21(23)17-6-5-7-19(20(16)17)25-13-12-22-10-3-2-4-11-22;1-3-18(13-9-10-22-12-13)25-19-6-4-5-16-20(19)15-8-7-14(24-2)11-17(15)21(16)23;1-4-22(5-2)12-7-13-25-19-9-6-8-17-20(19)16-11-10-15(24-3)14-18(16)21(17)23;1-23-14-7-8-15-17(13-14)20(22)16-5-4-6-18(19(15)16)24-12-11-21-9-2-3-10-21;1-4-21(5-2)11-12-24-18-8-6-7-16-19(18)15-10-9-14(23-3)13-17(15)20(16)22/h5-9,14H,2-4,10-13H2,1H3;4-8,11,13,18,22H,3,9-10,12H2,1-2H3;6,8-11,14H,4-5,7,12-13H2,1-3H3;4-8,13H,2-3,9-12H2,1H3;6-10,13H,4-5,11-12H2,1-3H3. The topological polar surface area (TPSA) is 203 Å². The molecule has 10 aromatic rings. The van der Waals surface area contributed by atoms with Gasteiger partial charge in [-0.25, -0.2) is 0 Å². The van der Waals surface area contributed by atoms with Crippen molar-refractivity contribution in [3.8, 4) is 113 Å². The van der Waals surface area contributed by atoms with Crippen molar-refractivity contribution in [1.29, 1.82) is 0 Å². The number of rotatable bonds is 30. The van der Waals surface area contributed by atoms with E-state index in [-0.39, 0.29) is 35.0 Å². The molecule has 642 valence electrons. The van der Waals surface area contributed by atoms with Crippen LogP contribution in [0.15, 0.2) is 182 Å². The van der Waals surface area contributed by atoms with Crippen molar-refractivity contribution in [2.75, 3.05) is 154 Å². The van der Waals surface area contributed by atoms with Crippen LogP contribution < -0.4 is 52.7 Å². The molecule has 0 saturated carbocycles. The number of nitrogens with zero attached hydrogens (tertiary/aromatic N) is 4. The highest BCUT2D eigenvalue weighted by molar-refractivity contribution is 6.26. The normalized spacial score (nSPS) is 15.3. The molecule has 1 N–H and O–H groups in total. The van der Waals surface area contributed by atoms with Crippen molar-refractivity contribution < 1.29 is 71.3 Å². The minimum absolute atomic E-state index is 0.0353. The summed E-state index contributed by atoms with van der Waals surface area (Å²) in [5, 5.41) is 3.41. The van der Waals surface area contributed by atoms with Gasteiger partial charge in [0.25, 0.3) is 0 Å². The fraction of sp³-hybridized carbons (Fsp3) is 0.369. The first-order chi connectivity index (χ1) is 60.2. The van der Waals surface area contributed by atoms with Gasteiger partial charge in [0.05, 0.1) is 42.2 Å². The maximum atomic E-state index is 12.8. The number of ether oxygens (including phenoxy) is 10. The van der Waals surface area contributed by atoms with Crippen LogP contribution in [0.1, 0.15) is 166 Å². The summed E-state index contributed by atoms with van der Waals surface area (Å²) < 4.78 is 56.9. The van der Waals surface area contributed by atoms with Gasteiger partial charge in [-0.1, -0.05) is 102 Å². The molecular weight excluding hydrogens is 1550 g/mol. The zero-order valence-corrected chi connectivity index (χ0v) is 72.8. The Bertz CT molecular complexity index is 5320. The lowest BCUT2D eigenvalue weighted by molar-refractivity contribution is 0.103. The molecule has 3 saturated heterocycles. The van der Waals surface area contributed by atoms with E-state index in [4.69, 9.17) is 47.4 Å². The molecule has 0 spiro atoms. The van der Waals surface area contributed by atoms with Crippen LogP contribution in [0.4, 0.5) is 0 Å². The number of hydrogen-bond donors (Lipinski definition) is 1. The minimum Gasteiger partial charge on any atom is -0.497 e. The maximum Gasteiger partial charge on any atom is 0.194 e. The summed E-state index contributed by atoms with van der Waals surface area (Å²) in [5.41, 5.74) is 16.3. The lowest BCUT2D eigenvalue weighted by Gasteiger charge is -2.26. The summed E-state index contributed by atoms with van der Waals surface area (Å²) in [6.07, 6.45) is 9.70.